The lowest BCUT2D eigenvalue weighted by Crippen LogP contribution is -2.41. The minimum Gasteiger partial charge on any atom is -0.381 e. The molecule has 0 spiro atoms. The Morgan fingerprint density at radius 2 is 2.04 bits per heavy atom. The average Bonchev–Trinajstić information content (AvgIpc) is 2.78. The molecular weight excluding hydrogens is 320 g/mol. The van der Waals surface area contributed by atoms with E-state index < -0.39 is 0 Å². The van der Waals surface area contributed by atoms with Crippen LogP contribution in [0.1, 0.15) is 35.2 Å². The SMILES string of the molecule is Cc1ccc(NC2CCCN(Cc3c(C)nn(C)c3Cl)C2)cc1C. The first-order valence-corrected chi connectivity index (χ1v) is 9.06. The summed E-state index contributed by atoms with van der Waals surface area (Å²) in [5.41, 5.74) is 6.09. The van der Waals surface area contributed by atoms with Crippen LogP contribution in [0.4, 0.5) is 5.69 Å². The van der Waals surface area contributed by atoms with Crippen LogP contribution in [0.3, 0.4) is 0 Å². The minimum atomic E-state index is 0.483. The molecule has 2 heterocycles. The second-order valence-electron chi connectivity index (χ2n) is 7.00. The number of piperidine rings is 1. The Hall–Kier alpha value is -1.52. The molecule has 5 heteroatoms. The van der Waals surface area contributed by atoms with Crippen molar-refractivity contribution in [2.75, 3.05) is 18.4 Å². The fourth-order valence-corrected chi connectivity index (χ4v) is 3.70. The average molecular weight is 347 g/mol. The Morgan fingerprint density at radius 1 is 1.25 bits per heavy atom. The van der Waals surface area contributed by atoms with Crippen molar-refractivity contribution in [3.63, 3.8) is 0 Å². The highest BCUT2D eigenvalue weighted by Crippen LogP contribution is 2.24. The van der Waals surface area contributed by atoms with Crippen LogP contribution in [0.15, 0.2) is 18.2 Å². The monoisotopic (exact) mass is 346 g/mol. The quantitative estimate of drug-likeness (QED) is 0.905. The zero-order valence-corrected chi connectivity index (χ0v) is 15.8. The van der Waals surface area contributed by atoms with Crippen molar-refractivity contribution in [2.45, 2.75) is 46.2 Å². The van der Waals surface area contributed by atoms with Crippen molar-refractivity contribution in [1.29, 1.82) is 0 Å². The smallest absolute Gasteiger partial charge is 0.131 e. The van der Waals surface area contributed by atoms with Gasteiger partial charge in [0.05, 0.1) is 5.69 Å². The third-order valence-electron chi connectivity index (χ3n) is 5.03. The molecule has 1 N–H and O–H groups in total. The van der Waals surface area contributed by atoms with E-state index in [9.17, 15) is 0 Å². The van der Waals surface area contributed by atoms with Gasteiger partial charge in [-0.15, -0.1) is 0 Å². The molecule has 1 aliphatic rings. The molecule has 1 aromatic carbocycles. The summed E-state index contributed by atoms with van der Waals surface area (Å²) in [7, 11) is 1.90. The maximum atomic E-state index is 6.39. The number of hydrogen-bond donors (Lipinski definition) is 1. The van der Waals surface area contributed by atoms with Crippen molar-refractivity contribution < 1.29 is 0 Å². The zero-order chi connectivity index (χ0) is 17.3. The van der Waals surface area contributed by atoms with Crippen LogP contribution in [0.25, 0.3) is 0 Å². The summed E-state index contributed by atoms with van der Waals surface area (Å²) in [6.07, 6.45) is 2.42. The van der Waals surface area contributed by atoms with Crippen LogP contribution >= 0.6 is 11.6 Å². The van der Waals surface area contributed by atoms with E-state index in [2.05, 4.69) is 47.4 Å². The summed E-state index contributed by atoms with van der Waals surface area (Å²) in [4.78, 5) is 2.48. The molecule has 1 saturated heterocycles. The number of benzene rings is 1. The summed E-state index contributed by atoms with van der Waals surface area (Å²) < 4.78 is 1.76. The predicted octanol–water partition coefficient (Wildman–Crippen LogP) is 4.08. The highest BCUT2D eigenvalue weighted by atomic mass is 35.5. The van der Waals surface area contributed by atoms with Crippen LogP contribution < -0.4 is 5.32 Å². The van der Waals surface area contributed by atoms with Crippen LogP contribution in [0.5, 0.6) is 0 Å². The number of halogens is 1. The Labute approximate surface area is 149 Å². The van der Waals surface area contributed by atoms with Crippen molar-refractivity contribution in [3.8, 4) is 0 Å². The van der Waals surface area contributed by atoms with Gasteiger partial charge in [0.25, 0.3) is 0 Å². The third-order valence-corrected chi connectivity index (χ3v) is 5.51. The first-order chi connectivity index (χ1) is 11.4. The molecule has 0 saturated carbocycles. The van der Waals surface area contributed by atoms with Gasteiger partial charge >= 0.3 is 0 Å². The number of anilines is 1. The lowest BCUT2D eigenvalue weighted by atomic mass is 10.0. The Balaban J connectivity index is 1.64. The normalized spacial score (nSPS) is 18.8. The van der Waals surface area contributed by atoms with E-state index in [0.29, 0.717) is 6.04 Å². The second kappa shape index (κ2) is 7.16. The molecular formula is C19H27ClN4. The van der Waals surface area contributed by atoms with Gasteiger partial charge < -0.3 is 5.32 Å². The first-order valence-electron chi connectivity index (χ1n) is 8.68. The van der Waals surface area contributed by atoms with E-state index in [4.69, 9.17) is 11.6 Å². The first kappa shape index (κ1) is 17.3. The molecule has 0 amide bonds. The van der Waals surface area contributed by atoms with Crippen molar-refractivity contribution in [1.82, 2.24) is 14.7 Å². The maximum Gasteiger partial charge on any atom is 0.131 e. The number of hydrogen-bond acceptors (Lipinski definition) is 3. The molecule has 4 nitrogen and oxygen atoms in total. The van der Waals surface area contributed by atoms with Crippen LogP contribution in [-0.2, 0) is 13.6 Å². The molecule has 1 fully saturated rings. The van der Waals surface area contributed by atoms with Gasteiger partial charge in [-0.05, 0) is 63.4 Å². The van der Waals surface area contributed by atoms with Gasteiger partial charge in [0.15, 0.2) is 0 Å². The van der Waals surface area contributed by atoms with Gasteiger partial charge in [0.2, 0.25) is 0 Å². The predicted molar refractivity (Wildman–Crippen MR) is 101 cm³/mol. The molecule has 1 aliphatic heterocycles. The second-order valence-corrected chi connectivity index (χ2v) is 7.35. The van der Waals surface area contributed by atoms with Gasteiger partial charge in [-0.1, -0.05) is 17.7 Å². The molecule has 1 unspecified atom stereocenters. The van der Waals surface area contributed by atoms with Gasteiger partial charge in [-0.3, -0.25) is 9.58 Å². The topological polar surface area (TPSA) is 33.1 Å². The van der Waals surface area contributed by atoms with E-state index in [1.165, 1.54) is 29.7 Å². The van der Waals surface area contributed by atoms with E-state index in [0.717, 1.165) is 36.0 Å². The summed E-state index contributed by atoms with van der Waals surface area (Å²) >= 11 is 6.39. The molecule has 0 radical (unpaired) electrons. The minimum absolute atomic E-state index is 0.483. The summed E-state index contributed by atoms with van der Waals surface area (Å²) in [6, 6.07) is 7.10. The number of nitrogens with zero attached hydrogens (tertiary/aromatic N) is 3. The molecule has 0 aliphatic carbocycles. The van der Waals surface area contributed by atoms with Gasteiger partial charge in [-0.2, -0.15) is 5.10 Å². The van der Waals surface area contributed by atoms with Gasteiger partial charge in [-0.25, -0.2) is 0 Å². The van der Waals surface area contributed by atoms with Crippen molar-refractivity contribution in [2.24, 2.45) is 7.05 Å². The number of likely N-dealkylation sites (tertiary alicyclic amines) is 1. The Morgan fingerprint density at radius 3 is 2.71 bits per heavy atom. The molecule has 130 valence electrons. The lowest BCUT2D eigenvalue weighted by molar-refractivity contribution is 0.208. The van der Waals surface area contributed by atoms with E-state index in [1.54, 1.807) is 4.68 Å². The standard InChI is InChI=1S/C19H27ClN4/c1-13-7-8-16(10-14(13)2)21-17-6-5-9-24(11-17)12-18-15(3)22-23(4)19(18)20/h7-8,10,17,21H,5-6,9,11-12H2,1-4H3. The highest BCUT2D eigenvalue weighted by Gasteiger charge is 2.22. The summed E-state index contributed by atoms with van der Waals surface area (Å²) in [5.74, 6) is 0. The van der Waals surface area contributed by atoms with E-state index in [1.807, 2.05) is 14.0 Å². The van der Waals surface area contributed by atoms with E-state index in [-0.39, 0.29) is 0 Å². The molecule has 3 rings (SSSR count). The van der Waals surface area contributed by atoms with Crippen LogP contribution in [-0.4, -0.2) is 33.8 Å². The molecule has 1 aromatic heterocycles. The summed E-state index contributed by atoms with van der Waals surface area (Å²) in [6.45, 7) is 9.40. The number of aryl methyl sites for hydroxylation is 4. The zero-order valence-electron chi connectivity index (χ0n) is 15.1. The number of rotatable bonds is 4. The van der Waals surface area contributed by atoms with Gasteiger partial charge in [0, 0.05) is 37.4 Å². The molecule has 2 aromatic rings. The highest BCUT2D eigenvalue weighted by molar-refractivity contribution is 6.30. The number of nitrogens with one attached hydrogen (secondary N) is 1. The number of aromatic nitrogens is 2. The van der Waals surface area contributed by atoms with Gasteiger partial charge in [0.1, 0.15) is 5.15 Å². The Kier molecular flexibility index (Phi) is 5.16. The molecule has 24 heavy (non-hydrogen) atoms. The largest absolute Gasteiger partial charge is 0.381 e. The molecule has 0 bridgehead atoms. The Bertz CT molecular complexity index is 722. The third kappa shape index (κ3) is 3.76. The van der Waals surface area contributed by atoms with Crippen LogP contribution in [0, 0.1) is 20.8 Å². The van der Waals surface area contributed by atoms with Crippen molar-refractivity contribution in [3.05, 3.63) is 45.7 Å². The lowest BCUT2D eigenvalue weighted by Gasteiger charge is -2.33. The summed E-state index contributed by atoms with van der Waals surface area (Å²) in [5, 5.41) is 8.89. The van der Waals surface area contributed by atoms with Crippen LogP contribution in [0.2, 0.25) is 5.15 Å². The maximum absolute atomic E-state index is 6.39. The molecule has 1 atom stereocenters. The fraction of sp³-hybridized carbons (Fsp3) is 0.526. The fourth-order valence-electron chi connectivity index (χ4n) is 3.46. The van der Waals surface area contributed by atoms with E-state index >= 15 is 0 Å². The van der Waals surface area contributed by atoms with Crippen molar-refractivity contribution >= 4 is 17.3 Å².